The molecule has 0 saturated carbocycles. The zero-order valence-corrected chi connectivity index (χ0v) is 14.7. The lowest BCUT2D eigenvalue weighted by molar-refractivity contribution is -0.111. The van der Waals surface area contributed by atoms with E-state index in [-0.39, 0.29) is 11.3 Å². The number of hydrogen-bond donors (Lipinski definition) is 1. The van der Waals surface area contributed by atoms with E-state index in [0.717, 1.165) is 11.1 Å². The van der Waals surface area contributed by atoms with Crippen LogP contribution in [0.2, 0.25) is 5.02 Å². The van der Waals surface area contributed by atoms with Gasteiger partial charge < -0.3 is 5.32 Å². The summed E-state index contributed by atoms with van der Waals surface area (Å²) in [5.74, 6) is -0.176. The number of anilines is 1. The zero-order chi connectivity index (χ0) is 17.0. The molecule has 0 aliphatic carbocycles. The molecule has 2 nitrogen and oxygen atoms in total. The molecule has 2 aromatic carbocycles. The molecule has 0 unspecified atom stereocenters. The van der Waals surface area contributed by atoms with Crippen molar-refractivity contribution in [2.45, 2.75) is 33.1 Å². The SMILES string of the molecule is Cc1ccc(NC(=O)C=Cc2ccc(C(C)(C)C)cc2)cc1Cl. The van der Waals surface area contributed by atoms with Crippen molar-refractivity contribution >= 4 is 29.3 Å². The highest BCUT2D eigenvalue weighted by atomic mass is 35.5. The zero-order valence-electron chi connectivity index (χ0n) is 14.0. The summed E-state index contributed by atoms with van der Waals surface area (Å²) in [7, 11) is 0. The number of hydrogen-bond acceptors (Lipinski definition) is 1. The summed E-state index contributed by atoms with van der Waals surface area (Å²) in [5.41, 5.74) is 4.07. The number of amides is 1. The molecule has 0 spiro atoms. The van der Waals surface area contributed by atoms with Gasteiger partial charge in [0.15, 0.2) is 0 Å². The number of aryl methyl sites for hydroxylation is 1. The van der Waals surface area contributed by atoms with E-state index in [1.807, 2.05) is 31.2 Å². The highest BCUT2D eigenvalue weighted by Gasteiger charge is 2.12. The van der Waals surface area contributed by atoms with Gasteiger partial charge in [-0.15, -0.1) is 0 Å². The largest absolute Gasteiger partial charge is 0.322 e. The summed E-state index contributed by atoms with van der Waals surface area (Å²) in [6, 6.07) is 13.7. The van der Waals surface area contributed by atoms with Gasteiger partial charge in [-0.3, -0.25) is 4.79 Å². The van der Waals surface area contributed by atoms with E-state index in [0.29, 0.717) is 10.7 Å². The summed E-state index contributed by atoms with van der Waals surface area (Å²) >= 11 is 6.05. The lowest BCUT2D eigenvalue weighted by atomic mass is 9.87. The smallest absolute Gasteiger partial charge is 0.248 e. The average molecular weight is 328 g/mol. The number of carbonyl (C=O) groups excluding carboxylic acids is 1. The minimum Gasteiger partial charge on any atom is -0.322 e. The Hall–Kier alpha value is -2.06. The second-order valence-electron chi connectivity index (χ2n) is 6.66. The predicted octanol–water partition coefficient (Wildman–Crippen LogP) is 5.60. The van der Waals surface area contributed by atoms with Crippen LogP contribution in [0.5, 0.6) is 0 Å². The van der Waals surface area contributed by atoms with Gasteiger partial charge in [0.25, 0.3) is 0 Å². The van der Waals surface area contributed by atoms with Gasteiger partial charge in [-0.1, -0.05) is 62.7 Å². The number of nitrogens with one attached hydrogen (secondary N) is 1. The summed E-state index contributed by atoms with van der Waals surface area (Å²) in [4.78, 5) is 12.0. The fourth-order valence-electron chi connectivity index (χ4n) is 2.12. The number of benzene rings is 2. The van der Waals surface area contributed by atoms with E-state index in [4.69, 9.17) is 11.6 Å². The standard InChI is InChI=1S/C20H22ClNO/c1-14-5-11-17(13-18(14)21)22-19(23)12-8-15-6-9-16(10-7-15)20(2,3)4/h5-13H,1-4H3,(H,22,23). The Morgan fingerprint density at radius 2 is 1.74 bits per heavy atom. The molecule has 0 bridgehead atoms. The van der Waals surface area contributed by atoms with Gasteiger partial charge in [0.05, 0.1) is 0 Å². The first-order valence-corrected chi connectivity index (χ1v) is 7.99. The van der Waals surface area contributed by atoms with E-state index in [1.54, 1.807) is 12.1 Å². The molecule has 0 aliphatic rings. The molecule has 2 aromatic rings. The second kappa shape index (κ2) is 7.01. The van der Waals surface area contributed by atoms with Crippen molar-refractivity contribution in [3.05, 3.63) is 70.3 Å². The molecule has 1 amide bonds. The monoisotopic (exact) mass is 327 g/mol. The van der Waals surface area contributed by atoms with Crippen LogP contribution in [-0.4, -0.2) is 5.91 Å². The first kappa shape index (κ1) is 17.3. The van der Waals surface area contributed by atoms with Gasteiger partial charge in [-0.25, -0.2) is 0 Å². The van der Waals surface area contributed by atoms with Crippen LogP contribution in [0.15, 0.2) is 48.5 Å². The van der Waals surface area contributed by atoms with Crippen LogP contribution in [0.3, 0.4) is 0 Å². The average Bonchev–Trinajstić information content (AvgIpc) is 2.48. The van der Waals surface area contributed by atoms with E-state index >= 15 is 0 Å². The van der Waals surface area contributed by atoms with E-state index in [2.05, 4.69) is 38.2 Å². The molecule has 0 aliphatic heterocycles. The summed E-state index contributed by atoms with van der Waals surface area (Å²) < 4.78 is 0. The molecule has 3 heteroatoms. The Balaban J connectivity index is 2.02. The Labute approximate surface area is 143 Å². The normalized spacial score (nSPS) is 11.7. The summed E-state index contributed by atoms with van der Waals surface area (Å²) in [6.45, 7) is 8.46. The van der Waals surface area contributed by atoms with E-state index in [1.165, 1.54) is 11.6 Å². The Bertz CT molecular complexity index is 724. The van der Waals surface area contributed by atoms with Gasteiger partial charge in [0, 0.05) is 16.8 Å². The topological polar surface area (TPSA) is 29.1 Å². The van der Waals surface area contributed by atoms with Crippen LogP contribution in [0, 0.1) is 6.92 Å². The quantitative estimate of drug-likeness (QED) is 0.731. The third-order valence-electron chi connectivity index (χ3n) is 3.64. The van der Waals surface area contributed by atoms with Crippen LogP contribution in [0.1, 0.15) is 37.5 Å². The third-order valence-corrected chi connectivity index (χ3v) is 4.05. The Morgan fingerprint density at radius 3 is 2.30 bits per heavy atom. The molecule has 23 heavy (non-hydrogen) atoms. The number of rotatable bonds is 3. The van der Waals surface area contributed by atoms with Crippen LogP contribution < -0.4 is 5.32 Å². The van der Waals surface area contributed by atoms with Crippen molar-refractivity contribution in [3.8, 4) is 0 Å². The maximum atomic E-state index is 12.0. The molecular weight excluding hydrogens is 306 g/mol. The minimum atomic E-state index is -0.176. The fraction of sp³-hybridized carbons (Fsp3) is 0.250. The van der Waals surface area contributed by atoms with Crippen molar-refractivity contribution in [1.82, 2.24) is 0 Å². The molecule has 0 heterocycles. The van der Waals surface area contributed by atoms with Crippen molar-refractivity contribution in [3.63, 3.8) is 0 Å². The summed E-state index contributed by atoms with van der Waals surface area (Å²) in [6.07, 6.45) is 3.33. The number of halogens is 1. The Kier molecular flexibility index (Phi) is 5.27. The van der Waals surface area contributed by atoms with Gasteiger partial charge >= 0.3 is 0 Å². The third kappa shape index (κ3) is 4.97. The fourth-order valence-corrected chi connectivity index (χ4v) is 2.30. The Morgan fingerprint density at radius 1 is 1.09 bits per heavy atom. The van der Waals surface area contributed by atoms with Gasteiger partial charge in [-0.05, 0) is 47.2 Å². The van der Waals surface area contributed by atoms with Crippen LogP contribution >= 0.6 is 11.6 Å². The number of carbonyl (C=O) groups is 1. The molecule has 0 atom stereocenters. The molecular formula is C20H22ClNO. The molecule has 0 saturated heterocycles. The summed E-state index contributed by atoms with van der Waals surface area (Å²) in [5, 5.41) is 3.45. The molecule has 120 valence electrons. The minimum absolute atomic E-state index is 0.129. The maximum absolute atomic E-state index is 12.0. The van der Waals surface area contributed by atoms with Crippen molar-refractivity contribution < 1.29 is 4.79 Å². The van der Waals surface area contributed by atoms with E-state index in [9.17, 15) is 4.79 Å². The van der Waals surface area contributed by atoms with Gasteiger partial charge in [-0.2, -0.15) is 0 Å². The van der Waals surface area contributed by atoms with Crippen LogP contribution in [0.4, 0.5) is 5.69 Å². The van der Waals surface area contributed by atoms with Crippen molar-refractivity contribution in [1.29, 1.82) is 0 Å². The van der Waals surface area contributed by atoms with Crippen molar-refractivity contribution in [2.24, 2.45) is 0 Å². The van der Waals surface area contributed by atoms with Crippen LogP contribution in [-0.2, 0) is 10.2 Å². The molecule has 0 radical (unpaired) electrons. The lowest BCUT2D eigenvalue weighted by Crippen LogP contribution is -2.10. The highest BCUT2D eigenvalue weighted by molar-refractivity contribution is 6.31. The van der Waals surface area contributed by atoms with Crippen LogP contribution in [0.25, 0.3) is 6.08 Å². The second-order valence-corrected chi connectivity index (χ2v) is 7.07. The maximum Gasteiger partial charge on any atom is 0.248 e. The lowest BCUT2D eigenvalue weighted by Gasteiger charge is -2.18. The first-order chi connectivity index (χ1) is 10.8. The van der Waals surface area contributed by atoms with Gasteiger partial charge in [0.1, 0.15) is 0 Å². The van der Waals surface area contributed by atoms with Crippen molar-refractivity contribution in [2.75, 3.05) is 5.32 Å². The van der Waals surface area contributed by atoms with Gasteiger partial charge in [0.2, 0.25) is 5.91 Å². The molecule has 2 rings (SSSR count). The molecule has 0 aromatic heterocycles. The van der Waals surface area contributed by atoms with E-state index < -0.39 is 0 Å². The molecule has 1 N–H and O–H groups in total. The first-order valence-electron chi connectivity index (χ1n) is 7.61. The predicted molar refractivity (Wildman–Crippen MR) is 99.0 cm³/mol. The highest BCUT2D eigenvalue weighted by Crippen LogP contribution is 2.22. The molecule has 0 fully saturated rings.